The molecule has 0 unspecified atom stereocenters. The molecule has 0 heterocycles. The summed E-state index contributed by atoms with van der Waals surface area (Å²) in [5.41, 5.74) is 4.67. The molecule has 4 aromatic carbocycles. The molecule has 138 valence electrons. The molecule has 0 saturated carbocycles. The summed E-state index contributed by atoms with van der Waals surface area (Å²) in [4.78, 5) is 11.1. The zero-order valence-corrected chi connectivity index (χ0v) is 15.6. The van der Waals surface area contributed by atoms with E-state index < -0.39 is 5.97 Å². The summed E-state index contributed by atoms with van der Waals surface area (Å²) in [6, 6.07) is 27.5. The Hall–Kier alpha value is -3.59. The van der Waals surface area contributed by atoms with E-state index in [4.69, 9.17) is 9.84 Å². The Kier molecular flexibility index (Phi) is 4.81. The molecule has 0 spiro atoms. The number of aromatic carboxylic acids is 1. The molecule has 3 heteroatoms. The minimum absolute atomic E-state index is 0.294. The van der Waals surface area contributed by atoms with Crippen molar-refractivity contribution in [2.24, 2.45) is 0 Å². The molecular weight excluding hydrogens is 348 g/mol. The first-order valence-electron chi connectivity index (χ1n) is 9.15. The number of carboxylic acids is 1. The predicted octanol–water partition coefficient (Wildman–Crippen LogP) is 6.09. The highest BCUT2D eigenvalue weighted by Gasteiger charge is 2.08. The van der Waals surface area contributed by atoms with E-state index in [0.29, 0.717) is 12.2 Å². The van der Waals surface area contributed by atoms with Gasteiger partial charge in [-0.15, -0.1) is 0 Å². The van der Waals surface area contributed by atoms with Gasteiger partial charge in [0, 0.05) is 0 Å². The molecular formula is C25H20O3. The second-order valence-electron chi connectivity index (χ2n) is 6.83. The quantitative estimate of drug-likeness (QED) is 0.463. The van der Waals surface area contributed by atoms with Crippen molar-refractivity contribution in [3.8, 4) is 16.9 Å². The van der Waals surface area contributed by atoms with Crippen LogP contribution in [0, 0.1) is 6.92 Å². The van der Waals surface area contributed by atoms with Crippen molar-refractivity contribution in [2.75, 3.05) is 0 Å². The van der Waals surface area contributed by atoms with Crippen molar-refractivity contribution < 1.29 is 14.6 Å². The van der Waals surface area contributed by atoms with Gasteiger partial charge in [-0.1, -0.05) is 54.6 Å². The van der Waals surface area contributed by atoms with Crippen LogP contribution in [0.1, 0.15) is 21.5 Å². The maximum absolute atomic E-state index is 11.1. The monoisotopic (exact) mass is 368 g/mol. The van der Waals surface area contributed by atoms with E-state index in [2.05, 4.69) is 31.2 Å². The summed E-state index contributed by atoms with van der Waals surface area (Å²) in [7, 11) is 0. The largest absolute Gasteiger partial charge is 0.489 e. The second-order valence-corrected chi connectivity index (χ2v) is 6.83. The molecule has 0 saturated heterocycles. The highest BCUT2D eigenvalue weighted by Crippen LogP contribution is 2.30. The molecule has 0 aliphatic carbocycles. The van der Waals surface area contributed by atoms with Crippen LogP contribution in [-0.2, 0) is 6.61 Å². The van der Waals surface area contributed by atoms with Crippen LogP contribution in [0.25, 0.3) is 21.9 Å². The number of carbonyl (C=O) groups is 1. The fraction of sp³-hybridized carbons (Fsp3) is 0.0800. The van der Waals surface area contributed by atoms with Gasteiger partial charge in [0.1, 0.15) is 12.4 Å². The highest BCUT2D eigenvalue weighted by atomic mass is 16.5. The summed E-state index contributed by atoms with van der Waals surface area (Å²) in [6.07, 6.45) is 0. The summed E-state index contributed by atoms with van der Waals surface area (Å²) in [6.45, 7) is 2.61. The summed E-state index contributed by atoms with van der Waals surface area (Å²) in [5, 5.41) is 11.3. The molecule has 4 aromatic rings. The number of carboxylic acid groups (broad SMARTS) is 1. The van der Waals surface area contributed by atoms with Gasteiger partial charge in [0.2, 0.25) is 0 Å². The smallest absolute Gasteiger partial charge is 0.335 e. The van der Waals surface area contributed by atoms with Gasteiger partial charge in [-0.2, -0.15) is 0 Å². The number of aryl methyl sites for hydroxylation is 1. The van der Waals surface area contributed by atoms with E-state index in [9.17, 15) is 4.79 Å². The average molecular weight is 368 g/mol. The Morgan fingerprint density at radius 3 is 2.32 bits per heavy atom. The first-order chi connectivity index (χ1) is 13.6. The molecule has 4 rings (SSSR count). The zero-order valence-electron chi connectivity index (χ0n) is 15.6. The van der Waals surface area contributed by atoms with Crippen molar-refractivity contribution in [3.63, 3.8) is 0 Å². The van der Waals surface area contributed by atoms with Gasteiger partial charge < -0.3 is 9.84 Å². The normalized spacial score (nSPS) is 10.8. The predicted molar refractivity (Wildman–Crippen MR) is 112 cm³/mol. The lowest BCUT2D eigenvalue weighted by molar-refractivity contribution is 0.0697. The standard InChI is InChI=1S/C25H20O3/c1-17-13-22-14-23(28-16-18-5-3-2-4-6-18)12-11-21(22)15-24(17)19-7-9-20(10-8-19)25(26)27/h2-15H,16H2,1H3,(H,26,27). The van der Waals surface area contributed by atoms with E-state index in [1.54, 1.807) is 12.1 Å². The SMILES string of the molecule is Cc1cc2cc(OCc3ccccc3)ccc2cc1-c1ccc(C(=O)O)cc1. The van der Waals surface area contributed by atoms with E-state index in [-0.39, 0.29) is 0 Å². The number of ether oxygens (including phenoxy) is 1. The number of rotatable bonds is 5. The lowest BCUT2D eigenvalue weighted by Crippen LogP contribution is -1.96. The molecule has 0 atom stereocenters. The van der Waals surface area contributed by atoms with Crippen LogP contribution in [0.3, 0.4) is 0 Å². The molecule has 28 heavy (non-hydrogen) atoms. The van der Waals surface area contributed by atoms with Gasteiger partial charge in [0.25, 0.3) is 0 Å². The second kappa shape index (κ2) is 7.57. The van der Waals surface area contributed by atoms with Gasteiger partial charge in [-0.25, -0.2) is 4.79 Å². The number of benzene rings is 4. The van der Waals surface area contributed by atoms with Crippen LogP contribution < -0.4 is 4.74 Å². The number of hydrogen-bond acceptors (Lipinski definition) is 2. The maximum atomic E-state index is 11.1. The van der Waals surface area contributed by atoms with Crippen molar-refractivity contribution in [3.05, 3.63) is 102 Å². The van der Waals surface area contributed by atoms with E-state index in [1.807, 2.05) is 48.5 Å². The third-order valence-electron chi connectivity index (χ3n) is 4.85. The van der Waals surface area contributed by atoms with Crippen LogP contribution in [0.4, 0.5) is 0 Å². The van der Waals surface area contributed by atoms with Crippen LogP contribution in [-0.4, -0.2) is 11.1 Å². The average Bonchev–Trinajstić information content (AvgIpc) is 2.72. The van der Waals surface area contributed by atoms with Gasteiger partial charge >= 0.3 is 5.97 Å². The summed E-state index contributed by atoms with van der Waals surface area (Å²) >= 11 is 0. The maximum Gasteiger partial charge on any atom is 0.335 e. The minimum Gasteiger partial charge on any atom is -0.489 e. The topological polar surface area (TPSA) is 46.5 Å². The fourth-order valence-corrected chi connectivity index (χ4v) is 3.32. The van der Waals surface area contributed by atoms with Crippen molar-refractivity contribution in [1.82, 2.24) is 0 Å². The van der Waals surface area contributed by atoms with Crippen LogP contribution in [0.15, 0.2) is 84.9 Å². The van der Waals surface area contributed by atoms with Crippen LogP contribution in [0.5, 0.6) is 5.75 Å². The highest BCUT2D eigenvalue weighted by molar-refractivity contribution is 5.91. The lowest BCUT2D eigenvalue weighted by atomic mass is 9.95. The van der Waals surface area contributed by atoms with E-state index in [0.717, 1.165) is 38.8 Å². The Balaban J connectivity index is 1.61. The molecule has 3 nitrogen and oxygen atoms in total. The van der Waals surface area contributed by atoms with Crippen LogP contribution in [0.2, 0.25) is 0 Å². The third-order valence-corrected chi connectivity index (χ3v) is 4.85. The molecule has 0 radical (unpaired) electrons. The Morgan fingerprint density at radius 1 is 0.857 bits per heavy atom. The Morgan fingerprint density at radius 2 is 1.61 bits per heavy atom. The third kappa shape index (κ3) is 3.74. The van der Waals surface area contributed by atoms with Crippen molar-refractivity contribution in [1.29, 1.82) is 0 Å². The van der Waals surface area contributed by atoms with Crippen LogP contribution >= 0.6 is 0 Å². The summed E-state index contributed by atoms with van der Waals surface area (Å²) < 4.78 is 5.93. The Bertz CT molecular complexity index is 1130. The molecule has 0 amide bonds. The fourth-order valence-electron chi connectivity index (χ4n) is 3.32. The van der Waals surface area contributed by atoms with Gasteiger partial charge in [0.15, 0.2) is 0 Å². The number of hydrogen-bond donors (Lipinski definition) is 1. The zero-order chi connectivity index (χ0) is 19.5. The first kappa shape index (κ1) is 17.8. The van der Waals surface area contributed by atoms with Gasteiger partial charge in [-0.3, -0.25) is 0 Å². The molecule has 0 aromatic heterocycles. The van der Waals surface area contributed by atoms with Crippen molar-refractivity contribution >= 4 is 16.7 Å². The summed E-state index contributed by atoms with van der Waals surface area (Å²) in [5.74, 6) is -0.0703. The molecule has 0 aliphatic rings. The lowest BCUT2D eigenvalue weighted by Gasteiger charge is -2.11. The Labute approximate surface area is 163 Å². The first-order valence-corrected chi connectivity index (χ1v) is 9.15. The van der Waals surface area contributed by atoms with Gasteiger partial charge in [-0.05, 0) is 70.3 Å². The van der Waals surface area contributed by atoms with Crippen molar-refractivity contribution in [2.45, 2.75) is 13.5 Å². The minimum atomic E-state index is -0.912. The molecule has 0 aliphatic heterocycles. The molecule has 0 bridgehead atoms. The van der Waals surface area contributed by atoms with Gasteiger partial charge in [0.05, 0.1) is 5.56 Å². The van der Waals surface area contributed by atoms with E-state index in [1.165, 1.54) is 0 Å². The number of fused-ring (bicyclic) bond motifs is 1. The van der Waals surface area contributed by atoms with E-state index >= 15 is 0 Å². The molecule has 0 fully saturated rings. The molecule has 1 N–H and O–H groups in total.